The van der Waals surface area contributed by atoms with Gasteiger partial charge in [-0.3, -0.25) is 4.79 Å². The fourth-order valence-electron chi connectivity index (χ4n) is 2.73. The van der Waals surface area contributed by atoms with E-state index in [1.54, 1.807) is 4.90 Å². The lowest BCUT2D eigenvalue weighted by molar-refractivity contribution is -0.120. The Balaban J connectivity index is 1.91. The van der Waals surface area contributed by atoms with Crippen LogP contribution in [0.1, 0.15) is 30.9 Å². The third-order valence-corrected chi connectivity index (χ3v) is 4.14. The zero-order chi connectivity index (χ0) is 16.4. The molecule has 2 N–H and O–H groups in total. The Morgan fingerprint density at radius 2 is 1.87 bits per heavy atom. The molecular weight excluding hydrogens is 288 g/mol. The van der Waals surface area contributed by atoms with Crippen molar-refractivity contribution in [3.05, 3.63) is 59.7 Å². The highest BCUT2D eigenvalue weighted by Crippen LogP contribution is 2.32. The Bertz CT molecular complexity index is 695. The fourth-order valence-corrected chi connectivity index (χ4v) is 2.73. The third-order valence-electron chi connectivity index (χ3n) is 4.14. The highest BCUT2D eigenvalue weighted by Gasteiger charge is 2.28. The van der Waals surface area contributed by atoms with Gasteiger partial charge in [0.2, 0.25) is 5.91 Å². The smallest absolute Gasteiger partial charge is 0.247 e. The van der Waals surface area contributed by atoms with Gasteiger partial charge in [-0.25, -0.2) is 0 Å². The molecule has 4 heteroatoms. The number of para-hydroxylation sites is 2. The lowest BCUT2D eigenvalue weighted by atomic mass is 10.0. The lowest BCUT2D eigenvalue weighted by Crippen LogP contribution is -2.44. The largest absolute Gasteiger partial charge is 0.489 e. The molecule has 0 saturated heterocycles. The summed E-state index contributed by atoms with van der Waals surface area (Å²) < 4.78 is 5.66. The summed E-state index contributed by atoms with van der Waals surface area (Å²) in [6, 6.07) is 15.3. The van der Waals surface area contributed by atoms with Crippen LogP contribution in [0.25, 0.3) is 0 Å². The number of anilines is 1. The average Bonchev–Trinajstić information content (AvgIpc) is 2.68. The predicted octanol–water partition coefficient (Wildman–Crippen LogP) is 3.06. The molecule has 4 nitrogen and oxygen atoms in total. The first kappa shape index (κ1) is 15.6. The van der Waals surface area contributed by atoms with Crippen LogP contribution in [0, 0.1) is 0 Å². The molecule has 2 aromatic rings. The minimum absolute atomic E-state index is 0.108. The minimum Gasteiger partial charge on any atom is -0.489 e. The molecule has 1 amide bonds. The Morgan fingerprint density at radius 3 is 2.57 bits per heavy atom. The number of carbonyl (C=O) groups is 1. The summed E-state index contributed by atoms with van der Waals surface area (Å²) in [6.45, 7) is 5.03. The van der Waals surface area contributed by atoms with Gasteiger partial charge in [0.05, 0.1) is 12.2 Å². The van der Waals surface area contributed by atoms with Crippen molar-refractivity contribution >= 4 is 11.6 Å². The van der Waals surface area contributed by atoms with Crippen LogP contribution in [0.15, 0.2) is 48.5 Å². The summed E-state index contributed by atoms with van der Waals surface area (Å²) in [4.78, 5) is 14.3. The van der Waals surface area contributed by atoms with Crippen LogP contribution in [0.2, 0.25) is 0 Å². The van der Waals surface area contributed by atoms with Gasteiger partial charge in [-0.05, 0) is 29.2 Å². The summed E-state index contributed by atoms with van der Waals surface area (Å²) in [5.74, 6) is 1.09. The van der Waals surface area contributed by atoms with Gasteiger partial charge >= 0.3 is 0 Å². The Labute approximate surface area is 136 Å². The van der Waals surface area contributed by atoms with Crippen molar-refractivity contribution in [3.63, 3.8) is 0 Å². The van der Waals surface area contributed by atoms with Crippen LogP contribution < -0.4 is 15.4 Å². The van der Waals surface area contributed by atoms with E-state index in [1.165, 1.54) is 5.56 Å². The maximum atomic E-state index is 12.6. The molecule has 1 atom stereocenters. The summed E-state index contributed by atoms with van der Waals surface area (Å²) in [5, 5.41) is 0. The zero-order valence-corrected chi connectivity index (χ0v) is 13.5. The van der Waals surface area contributed by atoms with Gasteiger partial charge in [0.15, 0.2) is 0 Å². The second kappa shape index (κ2) is 6.42. The van der Waals surface area contributed by atoms with Crippen molar-refractivity contribution in [2.75, 3.05) is 11.5 Å². The first-order valence-corrected chi connectivity index (χ1v) is 7.94. The van der Waals surface area contributed by atoms with Crippen LogP contribution in [-0.4, -0.2) is 18.6 Å². The fraction of sp³-hybridized carbons (Fsp3) is 0.316. The number of fused-ring (bicyclic) bond motifs is 1. The van der Waals surface area contributed by atoms with Crippen molar-refractivity contribution in [1.29, 1.82) is 0 Å². The molecule has 0 aliphatic carbocycles. The van der Waals surface area contributed by atoms with E-state index >= 15 is 0 Å². The number of ether oxygens (including phenoxy) is 1. The van der Waals surface area contributed by atoms with Crippen LogP contribution in [0.3, 0.4) is 0 Å². The second-order valence-corrected chi connectivity index (χ2v) is 6.21. The molecule has 0 bridgehead atoms. The third kappa shape index (κ3) is 3.22. The van der Waals surface area contributed by atoms with E-state index in [9.17, 15) is 4.79 Å². The maximum absolute atomic E-state index is 12.6. The van der Waals surface area contributed by atoms with E-state index in [2.05, 4.69) is 38.1 Å². The van der Waals surface area contributed by atoms with E-state index in [1.807, 2.05) is 24.3 Å². The number of hydrogen-bond acceptors (Lipinski definition) is 3. The number of nitrogens with zero attached hydrogens (tertiary/aromatic N) is 1. The quantitative estimate of drug-likeness (QED) is 0.948. The van der Waals surface area contributed by atoms with E-state index in [0.717, 1.165) is 11.3 Å². The van der Waals surface area contributed by atoms with Gasteiger partial charge in [-0.1, -0.05) is 50.2 Å². The van der Waals surface area contributed by atoms with E-state index in [4.69, 9.17) is 10.5 Å². The molecule has 3 rings (SSSR count). The molecule has 0 aromatic heterocycles. The van der Waals surface area contributed by atoms with Crippen molar-refractivity contribution in [2.45, 2.75) is 32.4 Å². The molecular formula is C19H22N2O2. The SMILES string of the molecule is CC(C)c1ccc(CN2C(=O)[C@@H](N)COc3ccccc32)cc1. The van der Waals surface area contributed by atoms with Crippen molar-refractivity contribution < 1.29 is 9.53 Å². The number of carbonyl (C=O) groups excluding carboxylic acids is 1. The predicted molar refractivity (Wildman–Crippen MR) is 91.6 cm³/mol. The van der Waals surface area contributed by atoms with Crippen LogP contribution in [0.5, 0.6) is 5.75 Å². The molecule has 0 radical (unpaired) electrons. The van der Waals surface area contributed by atoms with E-state index < -0.39 is 6.04 Å². The van der Waals surface area contributed by atoms with Crippen molar-refractivity contribution in [2.24, 2.45) is 5.73 Å². The summed E-state index contributed by atoms with van der Waals surface area (Å²) >= 11 is 0. The first-order valence-electron chi connectivity index (χ1n) is 7.94. The van der Waals surface area contributed by atoms with Gasteiger partial charge in [0, 0.05) is 0 Å². The van der Waals surface area contributed by atoms with Gasteiger partial charge in [-0.2, -0.15) is 0 Å². The monoisotopic (exact) mass is 310 g/mol. The highest BCUT2D eigenvalue weighted by molar-refractivity contribution is 5.99. The molecule has 0 unspecified atom stereocenters. The van der Waals surface area contributed by atoms with Crippen LogP contribution in [0.4, 0.5) is 5.69 Å². The topological polar surface area (TPSA) is 55.6 Å². The Hall–Kier alpha value is -2.33. The first-order chi connectivity index (χ1) is 11.1. The van der Waals surface area contributed by atoms with Crippen molar-refractivity contribution in [3.8, 4) is 5.75 Å². The highest BCUT2D eigenvalue weighted by atomic mass is 16.5. The number of nitrogens with two attached hydrogens (primary N) is 1. The molecule has 0 saturated carbocycles. The number of hydrogen-bond donors (Lipinski definition) is 1. The minimum atomic E-state index is -0.641. The molecule has 1 aliphatic rings. The standard InChI is InChI=1S/C19H22N2O2/c1-13(2)15-9-7-14(8-10-15)11-21-17-5-3-4-6-18(17)23-12-16(20)19(21)22/h3-10,13,16H,11-12,20H2,1-2H3/t16-/m0/s1. The van der Waals surface area contributed by atoms with Crippen LogP contribution in [-0.2, 0) is 11.3 Å². The maximum Gasteiger partial charge on any atom is 0.247 e. The molecule has 120 valence electrons. The normalized spacial score (nSPS) is 17.7. The molecule has 1 heterocycles. The van der Waals surface area contributed by atoms with Gasteiger partial charge in [0.25, 0.3) is 0 Å². The summed E-state index contributed by atoms with van der Waals surface area (Å²) in [7, 11) is 0. The lowest BCUT2D eigenvalue weighted by Gasteiger charge is -2.23. The molecule has 2 aromatic carbocycles. The molecule has 0 fully saturated rings. The van der Waals surface area contributed by atoms with Gasteiger partial charge in [-0.15, -0.1) is 0 Å². The van der Waals surface area contributed by atoms with E-state index in [-0.39, 0.29) is 12.5 Å². The van der Waals surface area contributed by atoms with Gasteiger partial charge in [0.1, 0.15) is 18.4 Å². The molecule has 23 heavy (non-hydrogen) atoms. The van der Waals surface area contributed by atoms with E-state index in [0.29, 0.717) is 18.2 Å². The second-order valence-electron chi connectivity index (χ2n) is 6.21. The van der Waals surface area contributed by atoms with Gasteiger partial charge < -0.3 is 15.4 Å². The molecule has 0 spiro atoms. The zero-order valence-electron chi connectivity index (χ0n) is 13.5. The number of rotatable bonds is 3. The number of benzene rings is 2. The van der Waals surface area contributed by atoms with Crippen LogP contribution >= 0.6 is 0 Å². The average molecular weight is 310 g/mol. The Morgan fingerprint density at radius 1 is 1.17 bits per heavy atom. The Kier molecular flexibility index (Phi) is 4.35. The summed E-state index contributed by atoms with van der Waals surface area (Å²) in [5.41, 5.74) is 9.09. The van der Waals surface area contributed by atoms with Crippen molar-refractivity contribution in [1.82, 2.24) is 0 Å². The molecule has 1 aliphatic heterocycles. The summed E-state index contributed by atoms with van der Waals surface area (Å²) in [6.07, 6.45) is 0. The number of amides is 1.